The highest BCUT2D eigenvalue weighted by Gasteiger charge is 2.35. The monoisotopic (exact) mass is 377 g/mol. The second-order valence-electron chi connectivity index (χ2n) is 8.70. The largest absolute Gasteiger partial charge is 0.474 e. The van der Waals surface area contributed by atoms with Crippen molar-refractivity contribution in [2.75, 3.05) is 0 Å². The van der Waals surface area contributed by atoms with Crippen LogP contribution in [0.5, 0.6) is 0 Å². The summed E-state index contributed by atoms with van der Waals surface area (Å²) in [5.41, 5.74) is 1.20. The van der Waals surface area contributed by atoms with Crippen LogP contribution >= 0.6 is 0 Å². The summed E-state index contributed by atoms with van der Waals surface area (Å²) in [4.78, 5) is 2.47. The maximum atomic E-state index is 6.14. The minimum Gasteiger partial charge on any atom is -0.474 e. The summed E-state index contributed by atoms with van der Waals surface area (Å²) in [6.07, 6.45) is 5.89. The molecule has 0 amide bonds. The van der Waals surface area contributed by atoms with Gasteiger partial charge in [0.2, 0.25) is 0 Å². The van der Waals surface area contributed by atoms with E-state index in [1.165, 1.54) is 24.8 Å². The molecule has 1 fully saturated rings. The molecule has 156 valence electrons. The molecule has 2 rings (SSSR count). The number of ether oxygens (including phenoxy) is 1. The Morgan fingerprint density at radius 1 is 1.07 bits per heavy atom. The summed E-state index contributed by atoms with van der Waals surface area (Å²) < 4.78 is 6.14. The molecule has 3 atom stereocenters. The number of rotatable bonds is 5. The maximum Gasteiger partial charge on any atom is 0.182 e. The molecule has 0 spiro atoms. The molecule has 0 bridgehead atoms. The molecule has 1 saturated heterocycles. The average Bonchev–Trinajstić information content (AvgIpc) is 2.54. The molecule has 1 heterocycles. The van der Waals surface area contributed by atoms with Crippen LogP contribution in [-0.4, -0.2) is 28.1 Å². The first kappa shape index (κ1) is 25.5. The molecule has 1 aromatic carbocycles. The third-order valence-electron chi connectivity index (χ3n) is 4.63. The molecule has 0 aromatic heterocycles. The zero-order valence-corrected chi connectivity index (χ0v) is 18.7. The zero-order valence-electron chi connectivity index (χ0n) is 18.7. The van der Waals surface area contributed by atoms with Crippen LogP contribution in [0.4, 0.5) is 0 Å². The first-order chi connectivity index (χ1) is 12.2. The minimum atomic E-state index is -0.199. The summed E-state index contributed by atoms with van der Waals surface area (Å²) in [5.74, 6) is 1.60. The van der Waals surface area contributed by atoms with Crippen LogP contribution in [0.15, 0.2) is 42.8 Å². The maximum absolute atomic E-state index is 6.14. The molecule has 2 N–H and O–H groups in total. The fraction of sp³-hybridized carbons (Fsp3) is 0.667. The van der Waals surface area contributed by atoms with Gasteiger partial charge in [0.05, 0.1) is 0 Å². The molecule has 0 saturated carbocycles. The Bertz CT molecular complexity index is 521. The van der Waals surface area contributed by atoms with Crippen LogP contribution in [-0.2, 0) is 11.2 Å². The van der Waals surface area contributed by atoms with Crippen LogP contribution in [0.2, 0.25) is 0 Å². The van der Waals surface area contributed by atoms with Crippen molar-refractivity contribution in [1.29, 1.82) is 0 Å². The van der Waals surface area contributed by atoms with Crippen molar-refractivity contribution in [2.45, 2.75) is 98.3 Å². The normalized spacial score (nSPS) is 22.2. The van der Waals surface area contributed by atoms with Gasteiger partial charge in [0.1, 0.15) is 5.60 Å². The molecule has 0 aliphatic carbocycles. The number of piperidine rings is 1. The van der Waals surface area contributed by atoms with Crippen molar-refractivity contribution >= 4 is 0 Å². The summed E-state index contributed by atoms with van der Waals surface area (Å²) in [6, 6.07) is 11.8. The van der Waals surface area contributed by atoms with E-state index in [1.807, 2.05) is 0 Å². The molecule has 1 aliphatic rings. The molecule has 0 radical (unpaired) electrons. The van der Waals surface area contributed by atoms with E-state index in [2.05, 4.69) is 90.3 Å². The highest BCUT2D eigenvalue weighted by molar-refractivity contribution is 5.17. The van der Waals surface area contributed by atoms with Crippen molar-refractivity contribution in [2.24, 2.45) is 5.92 Å². The fourth-order valence-corrected chi connectivity index (χ4v) is 3.80. The van der Waals surface area contributed by atoms with Crippen molar-refractivity contribution in [3.05, 3.63) is 48.4 Å². The van der Waals surface area contributed by atoms with Crippen LogP contribution in [0.3, 0.4) is 0 Å². The summed E-state index contributed by atoms with van der Waals surface area (Å²) in [7, 11) is 0. The second kappa shape index (κ2) is 12.1. The molecule has 3 heteroatoms. The number of hydrogen-bond acceptors (Lipinski definition) is 2. The summed E-state index contributed by atoms with van der Waals surface area (Å²) in [5, 5.41) is 0. The lowest BCUT2D eigenvalue weighted by molar-refractivity contribution is -0.0429. The van der Waals surface area contributed by atoms with E-state index in [9.17, 15) is 0 Å². The first-order valence-electron chi connectivity index (χ1n) is 10.4. The van der Waals surface area contributed by atoms with Crippen LogP contribution in [0, 0.1) is 5.92 Å². The van der Waals surface area contributed by atoms with Gasteiger partial charge in [-0.2, -0.15) is 0 Å². The van der Waals surface area contributed by atoms with Crippen molar-refractivity contribution in [1.82, 2.24) is 4.90 Å². The van der Waals surface area contributed by atoms with Crippen LogP contribution < -0.4 is 0 Å². The Labute approximate surface area is 168 Å². The minimum absolute atomic E-state index is 0. The number of nitrogens with zero attached hydrogens (tertiary/aromatic N) is 1. The van der Waals surface area contributed by atoms with E-state index >= 15 is 0 Å². The van der Waals surface area contributed by atoms with Gasteiger partial charge in [-0.1, -0.05) is 64.4 Å². The SMILES string of the molecule is C=C(OC(C)(C)C)N1[C@H](CC)C[C@H](C)C[C@@H]1Cc1ccccc1.CCC.O. The van der Waals surface area contributed by atoms with Gasteiger partial charge in [-0.15, -0.1) is 0 Å². The van der Waals surface area contributed by atoms with Crippen LogP contribution in [0.25, 0.3) is 0 Å². The van der Waals surface area contributed by atoms with Gasteiger partial charge < -0.3 is 15.1 Å². The Morgan fingerprint density at radius 3 is 2.07 bits per heavy atom. The highest BCUT2D eigenvalue weighted by Crippen LogP contribution is 2.35. The first-order valence-corrected chi connectivity index (χ1v) is 10.4. The van der Waals surface area contributed by atoms with Gasteiger partial charge in [-0.25, -0.2) is 0 Å². The molecule has 1 aliphatic heterocycles. The highest BCUT2D eigenvalue weighted by atomic mass is 16.5. The van der Waals surface area contributed by atoms with Crippen molar-refractivity contribution in [3.8, 4) is 0 Å². The number of hydrogen-bond donors (Lipinski definition) is 0. The summed E-state index contributed by atoms with van der Waals surface area (Å²) in [6.45, 7) is 19.5. The van der Waals surface area contributed by atoms with Crippen molar-refractivity contribution in [3.63, 3.8) is 0 Å². The van der Waals surface area contributed by atoms with Gasteiger partial charge in [-0.3, -0.25) is 0 Å². The predicted octanol–water partition coefficient (Wildman–Crippen LogP) is 5.99. The van der Waals surface area contributed by atoms with E-state index in [-0.39, 0.29) is 11.1 Å². The number of benzene rings is 1. The Morgan fingerprint density at radius 2 is 1.59 bits per heavy atom. The van der Waals surface area contributed by atoms with Crippen LogP contribution in [0.1, 0.15) is 79.7 Å². The zero-order chi connectivity index (χ0) is 19.7. The molecule has 0 unspecified atom stereocenters. The van der Waals surface area contributed by atoms with E-state index in [0.717, 1.165) is 24.6 Å². The standard InChI is InChI=1S/C21H33NO.C3H8.H2O/c1-7-19-13-16(2)14-20(15-18-11-9-8-10-12-18)22(19)17(3)23-21(4,5)6;1-3-2;/h8-12,16,19-20H,3,7,13-15H2,1-2,4-6H3;3H2,1-2H3;1H2/t16-,19+,20+;;/m0../s1. The molecular weight excluding hydrogens is 334 g/mol. The lowest BCUT2D eigenvalue weighted by Crippen LogP contribution is -2.50. The van der Waals surface area contributed by atoms with E-state index in [1.54, 1.807) is 0 Å². The average molecular weight is 378 g/mol. The van der Waals surface area contributed by atoms with E-state index < -0.39 is 0 Å². The molecule has 27 heavy (non-hydrogen) atoms. The molecule has 1 aromatic rings. The van der Waals surface area contributed by atoms with Gasteiger partial charge in [0.25, 0.3) is 0 Å². The van der Waals surface area contributed by atoms with Gasteiger partial charge in [0.15, 0.2) is 5.88 Å². The van der Waals surface area contributed by atoms with Crippen molar-refractivity contribution < 1.29 is 10.2 Å². The predicted molar refractivity (Wildman–Crippen MR) is 118 cm³/mol. The van der Waals surface area contributed by atoms with Gasteiger partial charge in [-0.05, 0) is 64.5 Å². The quantitative estimate of drug-likeness (QED) is 0.592. The van der Waals surface area contributed by atoms with Gasteiger partial charge >= 0.3 is 0 Å². The van der Waals surface area contributed by atoms with Gasteiger partial charge in [0, 0.05) is 12.1 Å². The van der Waals surface area contributed by atoms with E-state index in [4.69, 9.17) is 4.74 Å². The topological polar surface area (TPSA) is 44.0 Å². The molecule has 3 nitrogen and oxygen atoms in total. The fourth-order valence-electron chi connectivity index (χ4n) is 3.80. The third kappa shape index (κ3) is 8.83. The Balaban J connectivity index is 0.00000158. The third-order valence-corrected chi connectivity index (χ3v) is 4.63. The molecular formula is C24H43NO2. The second-order valence-corrected chi connectivity index (χ2v) is 8.70. The smallest absolute Gasteiger partial charge is 0.182 e. The number of likely N-dealkylation sites (tertiary alicyclic amines) is 1. The van der Waals surface area contributed by atoms with E-state index in [0.29, 0.717) is 12.1 Å². The lowest BCUT2D eigenvalue weighted by atomic mass is 9.84. The lowest BCUT2D eigenvalue weighted by Gasteiger charge is -2.47. The summed E-state index contributed by atoms with van der Waals surface area (Å²) >= 11 is 0. The Hall–Kier alpha value is -1.48. The Kier molecular flexibility index (Phi) is 11.4.